The van der Waals surface area contributed by atoms with E-state index in [0.717, 1.165) is 12.1 Å². The number of ether oxygens (including phenoxy) is 1. The van der Waals surface area contributed by atoms with Gasteiger partial charge in [-0.25, -0.2) is 13.2 Å². The molecule has 0 saturated heterocycles. The number of halogens is 5. The van der Waals surface area contributed by atoms with Gasteiger partial charge in [0.05, 0.1) is 3.57 Å². The Balaban J connectivity index is 2.39. The van der Waals surface area contributed by atoms with E-state index < -0.39 is 29.0 Å². The van der Waals surface area contributed by atoms with Gasteiger partial charge < -0.3 is 4.74 Å². The van der Waals surface area contributed by atoms with Crippen LogP contribution in [0.3, 0.4) is 0 Å². The summed E-state index contributed by atoms with van der Waals surface area (Å²) in [6, 6.07) is 4.31. The predicted octanol–water partition coefficient (Wildman–Crippen LogP) is 4.95. The van der Waals surface area contributed by atoms with Crippen molar-refractivity contribution in [3.05, 3.63) is 56.7 Å². The molecule has 2 aromatic carbocycles. The predicted molar refractivity (Wildman–Crippen MR) is 70.2 cm³/mol. The van der Waals surface area contributed by atoms with Gasteiger partial charge in [-0.2, -0.15) is 4.39 Å². The van der Waals surface area contributed by atoms with E-state index in [-0.39, 0.29) is 14.9 Å². The van der Waals surface area contributed by atoms with Gasteiger partial charge in [0.15, 0.2) is 11.6 Å². The lowest BCUT2D eigenvalue weighted by Gasteiger charge is -2.09. The van der Waals surface area contributed by atoms with E-state index in [2.05, 4.69) is 0 Å². The van der Waals surface area contributed by atoms with Crippen molar-refractivity contribution in [2.75, 3.05) is 0 Å². The van der Waals surface area contributed by atoms with Crippen LogP contribution >= 0.6 is 22.6 Å². The van der Waals surface area contributed by atoms with E-state index in [1.165, 1.54) is 19.1 Å². The average Bonchev–Trinajstić information content (AvgIpc) is 2.36. The number of hydrogen-bond acceptors (Lipinski definition) is 1. The number of rotatable bonds is 2. The maximum atomic E-state index is 13.5. The normalized spacial score (nSPS) is 10.6. The molecule has 0 amide bonds. The molecule has 0 spiro atoms. The van der Waals surface area contributed by atoms with E-state index in [4.69, 9.17) is 4.74 Å². The van der Waals surface area contributed by atoms with Crippen LogP contribution in [-0.2, 0) is 0 Å². The second-order valence-electron chi connectivity index (χ2n) is 3.79. The van der Waals surface area contributed by atoms with Crippen molar-refractivity contribution in [2.24, 2.45) is 0 Å². The molecule has 0 heterocycles. The average molecular weight is 382 g/mol. The van der Waals surface area contributed by atoms with Crippen molar-refractivity contribution in [1.29, 1.82) is 0 Å². The molecule has 0 fully saturated rings. The molecule has 6 heteroatoms. The third-order valence-corrected chi connectivity index (χ3v) is 3.32. The quantitative estimate of drug-likeness (QED) is 0.406. The fraction of sp³-hybridized carbons (Fsp3) is 0.0769. The van der Waals surface area contributed by atoms with E-state index in [0.29, 0.717) is 0 Å². The summed E-state index contributed by atoms with van der Waals surface area (Å²) in [6.07, 6.45) is 0. The fourth-order valence-corrected chi connectivity index (χ4v) is 1.81. The van der Waals surface area contributed by atoms with Gasteiger partial charge in [0, 0.05) is 17.7 Å². The summed E-state index contributed by atoms with van der Waals surface area (Å²) in [4.78, 5) is 0. The molecule has 0 N–H and O–H groups in total. The summed E-state index contributed by atoms with van der Waals surface area (Å²) in [5.74, 6) is -4.57. The summed E-state index contributed by atoms with van der Waals surface area (Å²) in [5.41, 5.74) is -0.165. The third kappa shape index (κ3) is 2.83. The van der Waals surface area contributed by atoms with Crippen LogP contribution in [0.1, 0.15) is 5.56 Å². The molecule has 0 unspecified atom stereocenters. The van der Waals surface area contributed by atoms with Gasteiger partial charge in [0.2, 0.25) is 5.82 Å². The molecule has 100 valence electrons. The van der Waals surface area contributed by atoms with Crippen LogP contribution in [0.2, 0.25) is 0 Å². The highest BCUT2D eigenvalue weighted by molar-refractivity contribution is 14.1. The molecule has 0 radical (unpaired) electrons. The lowest BCUT2D eigenvalue weighted by molar-refractivity contribution is 0.409. The van der Waals surface area contributed by atoms with Gasteiger partial charge in [-0.3, -0.25) is 0 Å². The van der Waals surface area contributed by atoms with Gasteiger partial charge in [0.25, 0.3) is 0 Å². The third-order valence-electron chi connectivity index (χ3n) is 2.48. The first kappa shape index (κ1) is 14.1. The zero-order valence-electron chi connectivity index (χ0n) is 9.61. The van der Waals surface area contributed by atoms with Crippen LogP contribution in [-0.4, -0.2) is 0 Å². The van der Waals surface area contributed by atoms with Gasteiger partial charge in [-0.05, 0) is 41.6 Å². The lowest BCUT2D eigenvalue weighted by atomic mass is 10.2. The largest absolute Gasteiger partial charge is 0.454 e. The maximum absolute atomic E-state index is 13.5. The highest BCUT2D eigenvalue weighted by atomic mass is 127. The van der Waals surface area contributed by atoms with Gasteiger partial charge in [0.1, 0.15) is 17.4 Å². The molecular formula is C13H7F4IO. The smallest absolute Gasteiger partial charge is 0.202 e. The van der Waals surface area contributed by atoms with Crippen LogP contribution in [0, 0.1) is 33.8 Å². The molecule has 0 aliphatic carbocycles. The van der Waals surface area contributed by atoms with Gasteiger partial charge in [-0.1, -0.05) is 0 Å². The molecule has 1 nitrogen and oxygen atoms in total. The molecular weight excluding hydrogens is 375 g/mol. The molecule has 0 saturated carbocycles. The van der Waals surface area contributed by atoms with Crippen molar-refractivity contribution in [2.45, 2.75) is 6.92 Å². The highest BCUT2D eigenvalue weighted by Crippen LogP contribution is 2.29. The standard InChI is InChI=1S/C13H7F4IO/c1-6-8(14)4-7(5-9(6)15)19-11-3-2-10(18)12(16)13(11)17/h2-5H,1H3. The first-order valence-corrected chi connectivity index (χ1v) is 6.25. The Labute approximate surface area is 120 Å². The molecule has 0 aliphatic rings. The Morgan fingerprint density at radius 2 is 1.53 bits per heavy atom. The first-order valence-electron chi connectivity index (χ1n) is 5.17. The molecule has 0 aliphatic heterocycles. The summed E-state index contributed by atoms with van der Waals surface area (Å²) in [7, 11) is 0. The monoisotopic (exact) mass is 382 g/mol. The van der Waals surface area contributed by atoms with Gasteiger partial charge in [-0.15, -0.1) is 0 Å². The van der Waals surface area contributed by atoms with E-state index in [1.807, 2.05) is 0 Å². The molecule has 19 heavy (non-hydrogen) atoms. The molecule has 2 aromatic rings. The van der Waals surface area contributed by atoms with Crippen molar-refractivity contribution < 1.29 is 22.3 Å². The summed E-state index contributed by atoms with van der Waals surface area (Å²) < 4.78 is 58.5. The Bertz CT molecular complexity index is 620. The second-order valence-corrected chi connectivity index (χ2v) is 4.95. The summed E-state index contributed by atoms with van der Waals surface area (Å²) in [6.45, 7) is 1.26. The molecule has 0 bridgehead atoms. The van der Waals surface area contributed by atoms with E-state index in [9.17, 15) is 17.6 Å². The van der Waals surface area contributed by atoms with Crippen molar-refractivity contribution in [3.63, 3.8) is 0 Å². The minimum Gasteiger partial charge on any atom is -0.454 e. The molecule has 2 rings (SSSR count). The topological polar surface area (TPSA) is 9.23 Å². The Morgan fingerprint density at radius 1 is 0.947 bits per heavy atom. The summed E-state index contributed by atoms with van der Waals surface area (Å²) in [5, 5.41) is 0. The van der Waals surface area contributed by atoms with Crippen LogP contribution in [0.25, 0.3) is 0 Å². The lowest BCUT2D eigenvalue weighted by Crippen LogP contribution is -1.96. The second kappa shape index (κ2) is 5.36. The van der Waals surface area contributed by atoms with Crippen molar-refractivity contribution in [1.82, 2.24) is 0 Å². The van der Waals surface area contributed by atoms with Crippen LogP contribution in [0.15, 0.2) is 24.3 Å². The van der Waals surface area contributed by atoms with E-state index >= 15 is 0 Å². The van der Waals surface area contributed by atoms with Crippen molar-refractivity contribution >= 4 is 22.6 Å². The minimum atomic E-state index is -1.20. The Kier molecular flexibility index (Phi) is 3.98. The zero-order valence-corrected chi connectivity index (χ0v) is 11.8. The van der Waals surface area contributed by atoms with E-state index in [1.54, 1.807) is 22.6 Å². The van der Waals surface area contributed by atoms with Crippen molar-refractivity contribution in [3.8, 4) is 11.5 Å². The summed E-state index contributed by atoms with van der Waals surface area (Å²) >= 11 is 1.62. The Morgan fingerprint density at radius 3 is 2.11 bits per heavy atom. The van der Waals surface area contributed by atoms with Crippen LogP contribution in [0.5, 0.6) is 11.5 Å². The molecule has 0 atom stereocenters. The number of hydrogen-bond donors (Lipinski definition) is 0. The van der Waals surface area contributed by atoms with Gasteiger partial charge >= 0.3 is 0 Å². The Hall–Kier alpha value is -1.31. The minimum absolute atomic E-state index is 0.0868. The van der Waals surface area contributed by atoms with Crippen LogP contribution in [0.4, 0.5) is 17.6 Å². The SMILES string of the molecule is Cc1c(F)cc(Oc2ccc(I)c(F)c2F)cc1F. The molecule has 0 aromatic heterocycles. The first-order chi connectivity index (χ1) is 8.90. The highest BCUT2D eigenvalue weighted by Gasteiger charge is 2.15. The van der Waals surface area contributed by atoms with Crippen LogP contribution < -0.4 is 4.74 Å². The zero-order chi connectivity index (χ0) is 14.2. The fourth-order valence-electron chi connectivity index (χ4n) is 1.39. The maximum Gasteiger partial charge on any atom is 0.202 e. The number of benzene rings is 2.